The van der Waals surface area contributed by atoms with Crippen molar-refractivity contribution in [1.82, 2.24) is 0 Å². The summed E-state index contributed by atoms with van der Waals surface area (Å²) in [5.41, 5.74) is 10.9. The molecule has 0 amide bonds. The Morgan fingerprint density at radius 3 is 2.00 bits per heavy atom. The summed E-state index contributed by atoms with van der Waals surface area (Å²) in [6.45, 7) is 1.46. The number of ketones is 1. The molecular formula is C7H14N2O2S3. The number of carbonyl (C=O) groups excluding carboxylic acids is 2. The van der Waals surface area contributed by atoms with Crippen molar-refractivity contribution in [3.63, 3.8) is 0 Å². The summed E-state index contributed by atoms with van der Waals surface area (Å²) in [4.78, 5) is 21.4. The van der Waals surface area contributed by atoms with E-state index in [-0.39, 0.29) is 10.9 Å². The molecule has 0 aromatic rings. The normalized spacial score (nSPS) is 14.9. The van der Waals surface area contributed by atoms with Crippen molar-refractivity contribution in [3.05, 3.63) is 0 Å². The molecule has 0 bridgehead atoms. The number of thiol groups is 1. The predicted octanol–water partition coefficient (Wildman–Crippen LogP) is 0.0678. The van der Waals surface area contributed by atoms with Gasteiger partial charge in [-0.05, 0) is 6.92 Å². The molecule has 0 aliphatic carbocycles. The Hall–Kier alpha value is 0.310. The Morgan fingerprint density at radius 2 is 1.64 bits per heavy atom. The van der Waals surface area contributed by atoms with Crippen molar-refractivity contribution < 1.29 is 9.59 Å². The maximum Gasteiger partial charge on any atom is 0.203 e. The van der Waals surface area contributed by atoms with E-state index >= 15 is 0 Å². The average Bonchev–Trinajstić information content (AvgIpc) is 2.11. The molecule has 4 nitrogen and oxygen atoms in total. The minimum absolute atomic E-state index is 0.0346. The minimum atomic E-state index is -0.551. The van der Waals surface area contributed by atoms with Gasteiger partial charge in [-0.3, -0.25) is 9.59 Å². The molecular weight excluding hydrogens is 240 g/mol. The smallest absolute Gasteiger partial charge is 0.203 e. The minimum Gasteiger partial charge on any atom is -0.321 e. The molecule has 0 radical (unpaired) electrons. The second-order valence-corrected chi connectivity index (χ2v) is 5.72. The van der Waals surface area contributed by atoms with Crippen LogP contribution in [0.15, 0.2) is 0 Å². The van der Waals surface area contributed by atoms with Crippen LogP contribution in [-0.4, -0.2) is 34.5 Å². The molecule has 0 unspecified atom stereocenters. The molecule has 2 atom stereocenters. The highest BCUT2D eigenvalue weighted by molar-refractivity contribution is 8.76. The first-order chi connectivity index (χ1) is 6.45. The van der Waals surface area contributed by atoms with Crippen LogP contribution in [0.5, 0.6) is 0 Å². The Balaban J connectivity index is 3.47. The number of carbonyl (C=O) groups is 2. The van der Waals surface area contributed by atoms with Gasteiger partial charge in [-0.25, -0.2) is 0 Å². The number of Topliss-reactive ketones (excluding diaryl/α,β-unsaturated/α-hetero) is 1. The van der Waals surface area contributed by atoms with E-state index in [9.17, 15) is 9.59 Å². The van der Waals surface area contributed by atoms with Crippen LogP contribution in [0, 0.1) is 0 Å². The summed E-state index contributed by atoms with van der Waals surface area (Å²) in [6, 6.07) is -0.986. The molecule has 0 heterocycles. The van der Waals surface area contributed by atoms with E-state index in [1.165, 1.54) is 28.5 Å². The molecule has 82 valence electrons. The largest absolute Gasteiger partial charge is 0.321 e. The fourth-order valence-electron chi connectivity index (χ4n) is 0.431. The van der Waals surface area contributed by atoms with E-state index in [0.29, 0.717) is 11.5 Å². The summed E-state index contributed by atoms with van der Waals surface area (Å²) >= 11 is 3.60. The zero-order chi connectivity index (χ0) is 11.1. The van der Waals surface area contributed by atoms with E-state index in [4.69, 9.17) is 11.5 Å². The van der Waals surface area contributed by atoms with Gasteiger partial charge in [0.05, 0.1) is 12.1 Å². The number of hydrogen-bond donors (Lipinski definition) is 3. The lowest BCUT2D eigenvalue weighted by Crippen LogP contribution is -2.31. The first-order valence-electron chi connectivity index (χ1n) is 3.94. The Morgan fingerprint density at radius 1 is 1.21 bits per heavy atom. The molecule has 7 heteroatoms. The molecule has 0 rings (SSSR count). The van der Waals surface area contributed by atoms with Crippen LogP contribution in [0.3, 0.4) is 0 Å². The van der Waals surface area contributed by atoms with Crippen LogP contribution in [-0.2, 0) is 9.59 Å². The first kappa shape index (κ1) is 14.3. The third-order valence-corrected chi connectivity index (χ3v) is 4.22. The molecule has 4 N–H and O–H groups in total. The molecule has 0 aliphatic rings. The van der Waals surface area contributed by atoms with Crippen molar-refractivity contribution in [2.75, 3.05) is 11.5 Å². The zero-order valence-electron chi connectivity index (χ0n) is 7.80. The van der Waals surface area contributed by atoms with Crippen LogP contribution in [0.4, 0.5) is 0 Å². The van der Waals surface area contributed by atoms with Crippen LogP contribution in [0.2, 0.25) is 0 Å². The first-order valence-corrected chi connectivity index (χ1v) is 6.87. The second-order valence-electron chi connectivity index (χ2n) is 2.73. The Bertz CT molecular complexity index is 191. The van der Waals surface area contributed by atoms with Gasteiger partial charge in [-0.15, -0.1) is 12.6 Å². The van der Waals surface area contributed by atoms with Gasteiger partial charge in [0.1, 0.15) is 5.78 Å². The predicted molar refractivity (Wildman–Crippen MR) is 65.5 cm³/mol. The van der Waals surface area contributed by atoms with Gasteiger partial charge in [0.25, 0.3) is 0 Å². The average molecular weight is 254 g/mol. The third kappa shape index (κ3) is 6.72. The molecule has 0 fully saturated rings. The topological polar surface area (TPSA) is 86.2 Å². The van der Waals surface area contributed by atoms with Gasteiger partial charge < -0.3 is 11.5 Å². The standard InChI is InChI=1S/C7H14N2O2S3/c1-4(10)5(8)2-13-14-3-6(9)7(11)12/h5-6H,2-3,8-9H2,1H3,(H,11,12)/t5-,6-/m0/s1. The summed E-state index contributed by atoms with van der Waals surface area (Å²) in [6.07, 6.45) is 0. The quantitative estimate of drug-likeness (QED) is 0.338. The van der Waals surface area contributed by atoms with Crippen molar-refractivity contribution in [2.45, 2.75) is 19.0 Å². The lowest BCUT2D eigenvalue weighted by Gasteiger charge is -2.08. The molecule has 0 saturated carbocycles. The van der Waals surface area contributed by atoms with E-state index in [0.717, 1.165) is 0 Å². The summed E-state index contributed by atoms with van der Waals surface area (Å²) in [5.74, 6) is 0.984. The lowest BCUT2D eigenvalue weighted by atomic mass is 10.3. The van der Waals surface area contributed by atoms with Crippen LogP contribution < -0.4 is 11.5 Å². The van der Waals surface area contributed by atoms with Crippen molar-refractivity contribution in [2.24, 2.45) is 11.5 Å². The Kier molecular flexibility index (Phi) is 7.75. The van der Waals surface area contributed by atoms with Gasteiger partial charge >= 0.3 is 0 Å². The van der Waals surface area contributed by atoms with Gasteiger partial charge in [0.15, 0.2) is 0 Å². The van der Waals surface area contributed by atoms with Crippen molar-refractivity contribution >= 4 is 45.1 Å². The summed E-state index contributed by atoms with van der Waals surface area (Å²) in [5, 5.41) is -0.325. The number of hydrogen-bond acceptors (Lipinski definition) is 6. The van der Waals surface area contributed by atoms with Gasteiger partial charge in [0.2, 0.25) is 5.12 Å². The second kappa shape index (κ2) is 7.58. The van der Waals surface area contributed by atoms with Crippen LogP contribution in [0.1, 0.15) is 6.92 Å². The van der Waals surface area contributed by atoms with E-state index in [1.54, 1.807) is 0 Å². The number of nitrogens with two attached hydrogens (primary N) is 2. The van der Waals surface area contributed by atoms with Crippen molar-refractivity contribution in [3.8, 4) is 0 Å². The Labute approximate surface area is 96.7 Å². The molecule has 0 aliphatic heterocycles. The fraction of sp³-hybridized carbons (Fsp3) is 0.714. The zero-order valence-corrected chi connectivity index (χ0v) is 10.3. The van der Waals surface area contributed by atoms with Gasteiger partial charge in [0, 0.05) is 11.5 Å². The highest BCUT2D eigenvalue weighted by Gasteiger charge is 2.11. The van der Waals surface area contributed by atoms with Crippen LogP contribution in [0.25, 0.3) is 0 Å². The van der Waals surface area contributed by atoms with E-state index in [2.05, 4.69) is 12.6 Å². The molecule has 0 aromatic heterocycles. The van der Waals surface area contributed by atoms with Crippen molar-refractivity contribution in [1.29, 1.82) is 0 Å². The summed E-state index contributed by atoms with van der Waals surface area (Å²) in [7, 11) is 2.87. The van der Waals surface area contributed by atoms with Crippen LogP contribution >= 0.6 is 34.2 Å². The highest BCUT2D eigenvalue weighted by atomic mass is 33.1. The third-order valence-electron chi connectivity index (χ3n) is 1.42. The molecule has 14 heavy (non-hydrogen) atoms. The van der Waals surface area contributed by atoms with Gasteiger partial charge in [-0.2, -0.15) is 0 Å². The molecule has 0 aromatic carbocycles. The van der Waals surface area contributed by atoms with E-state index < -0.39 is 12.1 Å². The lowest BCUT2D eigenvalue weighted by molar-refractivity contribution is -0.117. The maximum atomic E-state index is 10.7. The fourth-order valence-corrected chi connectivity index (χ4v) is 2.98. The molecule has 0 spiro atoms. The van der Waals surface area contributed by atoms with E-state index in [1.807, 2.05) is 0 Å². The maximum absolute atomic E-state index is 10.7. The molecule has 0 saturated heterocycles. The summed E-state index contributed by atoms with van der Waals surface area (Å²) < 4.78 is 0. The highest BCUT2D eigenvalue weighted by Crippen LogP contribution is 2.22. The number of rotatable bonds is 7. The SMILES string of the molecule is CC(=O)[C@@H](N)CSSC[C@H](N)C(=O)S. The monoisotopic (exact) mass is 254 g/mol. The van der Waals surface area contributed by atoms with Gasteiger partial charge in [-0.1, -0.05) is 21.6 Å².